The lowest BCUT2D eigenvalue weighted by Crippen LogP contribution is -2.26. The predicted octanol–water partition coefficient (Wildman–Crippen LogP) is 0.841. The van der Waals surface area contributed by atoms with Crippen LogP contribution in [0.2, 0.25) is 0 Å². The van der Waals surface area contributed by atoms with Crippen molar-refractivity contribution in [2.75, 3.05) is 0 Å². The van der Waals surface area contributed by atoms with Gasteiger partial charge < -0.3 is 10.8 Å². The number of rotatable bonds is 3. The second-order valence-electron chi connectivity index (χ2n) is 3.05. The molecule has 3 nitrogen and oxygen atoms in total. The van der Waals surface area contributed by atoms with Gasteiger partial charge >= 0.3 is 0 Å². The average molecular weight is 179 g/mol. The molecule has 13 heavy (non-hydrogen) atoms. The summed E-state index contributed by atoms with van der Waals surface area (Å²) in [5.41, 5.74) is 5.79. The van der Waals surface area contributed by atoms with Gasteiger partial charge in [-0.15, -0.1) is 0 Å². The number of carbonyl (C=O) groups excluding carboxylic acids is 1. The molecule has 1 aromatic carbocycles. The van der Waals surface area contributed by atoms with E-state index in [4.69, 9.17) is 5.73 Å². The Morgan fingerprint density at radius 1 is 1.38 bits per heavy atom. The van der Waals surface area contributed by atoms with Crippen LogP contribution in [-0.2, 0) is 4.79 Å². The van der Waals surface area contributed by atoms with Gasteiger partial charge in [-0.3, -0.25) is 4.79 Å². The molecular weight excluding hydrogens is 166 g/mol. The van der Waals surface area contributed by atoms with Crippen molar-refractivity contribution >= 4 is 5.91 Å². The van der Waals surface area contributed by atoms with Crippen molar-refractivity contribution in [1.29, 1.82) is 0 Å². The van der Waals surface area contributed by atoms with Gasteiger partial charge in [0.2, 0.25) is 5.91 Å². The van der Waals surface area contributed by atoms with Crippen LogP contribution in [0.1, 0.15) is 18.6 Å². The van der Waals surface area contributed by atoms with Gasteiger partial charge in [0.05, 0.1) is 12.0 Å². The van der Waals surface area contributed by atoms with E-state index in [0.29, 0.717) is 5.56 Å². The van der Waals surface area contributed by atoms with E-state index < -0.39 is 17.9 Å². The van der Waals surface area contributed by atoms with Crippen LogP contribution in [0.25, 0.3) is 0 Å². The molecule has 0 aromatic heterocycles. The zero-order valence-corrected chi connectivity index (χ0v) is 7.47. The maximum Gasteiger partial charge on any atom is 0.223 e. The molecule has 0 saturated carbocycles. The molecule has 0 fully saturated rings. The second-order valence-corrected chi connectivity index (χ2v) is 3.05. The van der Waals surface area contributed by atoms with Crippen molar-refractivity contribution in [1.82, 2.24) is 0 Å². The third-order valence-corrected chi connectivity index (χ3v) is 2.06. The first-order valence-corrected chi connectivity index (χ1v) is 4.15. The van der Waals surface area contributed by atoms with E-state index >= 15 is 0 Å². The first-order valence-electron chi connectivity index (χ1n) is 4.15. The first-order chi connectivity index (χ1) is 6.13. The number of amides is 1. The van der Waals surface area contributed by atoms with Crippen LogP contribution in [0.5, 0.6) is 0 Å². The number of hydrogen-bond donors (Lipinski definition) is 2. The number of aliphatic hydroxyl groups excluding tert-OH is 1. The predicted molar refractivity (Wildman–Crippen MR) is 49.8 cm³/mol. The molecule has 1 rings (SSSR count). The summed E-state index contributed by atoms with van der Waals surface area (Å²) in [4.78, 5) is 10.8. The normalized spacial score (nSPS) is 14.9. The van der Waals surface area contributed by atoms with E-state index in [1.807, 2.05) is 18.2 Å². The molecule has 1 aromatic rings. The summed E-state index contributed by atoms with van der Waals surface area (Å²) in [6.07, 6.45) is -0.807. The van der Waals surface area contributed by atoms with Gasteiger partial charge in [-0.25, -0.2) is 0 Å². The number of benzene rings is 1. The molecule has 0 aliphatic heterocycles. The smallest absolute Gasteiger partial charge is 0.223 e. The minimum Gasteiger partial charge on any atom is -0.388 e. The van der Waals surface area contributed by atoms with Crippen molar-refractivity contribution in [3.05, 3.63) is 35.9 Å². The summed E-state index contributed by atoms with van der Waals surface area (Å²) in [5, 5.41) is 9.66. The molecule has 0 aliphatic carbocycles. The molecule has 70 valence electrons. The molecule has 2 atom stereocenters. The zero-order chi connectivity index (χ0) is 9.84. The lowest BCUT2D eigenvalue weighted by Gasteiger charge is -2.15. The van der Waals surface area contributed by atoms with Crippen molar-refractivity contribution in [2.24, 2.45) is 11.7 Å². The van der Waals surface area contributed by atoms with Gasteiger partial charge in [0, 0.05) is 0 Å². The Morgan fingerprint density at radius 2 is 1.92 bits per heavy atom. The second kappa shape index (κ2) is 4.05. The van der Waals surface area contributed by atoms with Crippen molar-refractivity contribution < 1.29 is 9.90 Å². The largest absolute Gasteiger partial charge is 0.388 e. The molecule has 0 aliphatic rings. The molecular formula is C10H13NO2. The molecule has 3 N–H and O–H groups in total. The van der Waals surface area contributed by atoms with Crippen molar-refractivity contribution in [3.8, 4) is 0 Å². The summed E-state index contributed by atoms with van der Waals surface area (Å²) in [6, 6.07) is 9.01. The molecule has 0 heterocycles. The Balaban J connectivity index is 2.79. The summed E-state index contributed by atoms with van der Waals surface area (Å²) < 4.78 is 0. The van der Waals surface area contributed by atoms with Crippen LogP contribution < -0.4 is 5.73 Å². The Morgan fingerprint density at radius 3 is 2.38 bits per heavy atom. The third-order valence-electron chi connectivity index (χ3n) is 2.06. The fraction of sp³-hybridized carbons (Fsp3) is 0.300. The van der Waals surface area contributed by atoms with E-state index in [1.165, 1.54) is 0 Å². The monoisotopic (exact) mass is 179 g/mol. The van der Waals surface area contributed by atoms with E-state index in [0.717, 1.165) is 0 Å². The van der Waals surface area contributed by atoms with Crippen LogP contribution in [0.4, 0.5) is 0 Å². The molecule has 1 amide bonds. The minimum absolute atomic E-state index is 0.489. The number of nitrogens with two attached hydrogens (primary N) is 1. The number of hydrogen-bond acceptors (Lipinski definition) is 2. The van der Waals surface area contributed by atoms with Crippen LogP contribution in [-0.4, -0.2) is 11.0 Å². The van der Waals surface area contributed by atoms with Gasteiger partial charge in [0.25, 0.3) is 0 Å². The maximum atomic E-state index is 10.8. The summed E-state index contributed by atoms with van der Waals surface area (Å²) in [5.74, 6) is -1.04. The summed E-state index contributed by atoms with van der Waals surface area (Å²) >= 11 is 0. The molecule has 0 radical (unpaired) electrons. The first kappa shape index (κ1) is 9.74. The lowest BCUT2D eigenvalue weighted by atomic mass is 9.97. The van der Waals surface area contributed by atoms with E-state index in [2.05, 4.69) is 0 Å². The van der Waals surface area contributed by atoms with E-state index in [1.54, 1.807) is 19.1 Å². The molecule has 3 heteroatoms. The minimum atomic E-state index is -0.807. The topological polar surface area (TPSA) is 63.3 Å². The van der Waals surface area contributed by atoms with Gasteiger partial charge in [0.15, 0.2) is 0 Å². The highest BCUT2D eigenvalue weighted by Gasteiger charge is 2.20. The van der Waals surface area contributed by atoms with Gasteiger partial charge in [-0.05, 0) is 5.56 Å². The van der Waals surface area contributed by atoms with Crippen LogP contribution in [0, 0.1) is 5.92 Å². The third kappa shape index (κ3) is 2.29. The van der Waals surface area contributed by atoms with Gasteiger partial charge in [0.1, 0.15) is 0 Å². The molecule has 1 unspecified atom stereocenters. The summed E-state index contributed by atoms with van der Waals surface area (Å²) in [7, 11) is 0. The van der Waals surface area contributed by atoms with E-state index in [-0.39, 0.29) is 0 Å². The fourth-order valence-corrected chi connectivity index (χ4v) is 1.09. The molecule has 0 bridgehead atoms. The maximum absolute atomic E-state index is 10.8. The lowest BCUT2D eigenvalue weighted by molar-refractivity contribution is -0.124. The Kier molecular flexibility index (Phi) is 3.03. The fourth-order valence-electron chi connectivity index (χ4n) is 1.09. The molecule has 0 spiro atoms. The standard InChI is InChI=1S/C10H13NO2/c1-7(10(11)13)9(12)8-5-3-2-4-6-8/h2-7,9,12H,1H3,(H2,11,13)/t7?,9-/m1/s1. The van der Waals surface area contributed by atoms with Crippen LogP contribution in [0.15, 0.2) is 30.3 Å². The van der Waals surface area contributed by atoms with Crippen molar-refractivity contribution in [2.45, 2.75) is 13.0 Å². The van der Waals surface area contributed by atoms with Crippen molar-refractivity contribution in [3.63, 3.8) is 0 Å². The highest BCUT2D eigenvalue weighted by Crippen LogP contribution is 2.20. The Labute approximate surface area is 77.2 Å². The van der Waals surface area contributed by atoms with Crippen LogP contribution in [0.3, 0.4) is 0 Å². The zero-order valence-electron chi connectivity index (χ0n) is 7.47. The highest BCUT2D eigenvalue weighted by atomic mass is 16.3. The Bertz CT molecular complexity index is 284. The van der Waals surface area contributed by atoms with Crippen LogP contribution >= 0.6 is 0 Å². The van der Waals surface area contributed by atoms with Gasteiger partial charge in [-0.1, -0.05) is 37.3 Å². The number of aliphatic hydroxyl groups is 1. The number of carbonyl (C=O) groups is 1. The Hall–Kier alpha value is -1.35. The number of primary amides is 1. The highest BCUT2D eigenvalue weighted by molar-refractivity contribution is 5.77. The van der Waals surface area contributed by atoms with Gasteiger partial charge in [-0.2, -0.15) is 0 Å². The molecule has 0 saturated heterocycles. The SMILES string of the molecule is CC(C(N)=O)[C@@H](O)c1ccccc1. The van der Waals surface area contributed by atoms with E-state index in [9.17, 15) is 9.90 Å². The average Bonchev–Trinajstić information content (AvgIpc) is 2.17. The summed E-state index contributed by atoms with van der Waals surface area (Å²) in [6.45, 7) is 1.61. The quantitative estimate of drug-likeness (QED) is 0.722.